The Kier molecular flexibility index (Phi) is 3.93. The molecule has 1 aliphatic carbocycles. The van der Waals surface area contributed by atoms with Crippen LogP contribution >= 0.6 is 0 Å². The molecule has 2 heteroatoms. The van der Waals surface area contributed by atoms with Crippen molar-refractivity contribution >= 4 is 10.8 Å². The highest BCUT2D eigenvalue weighted by molar-refractivity contribution is 5.89. The number of rotatable bonds is 6. The first-order chi connectivity index (χ1) is 9.75. The molecule has 0 radical (unpaired) electrons. The van der Waals surface area contributed by atoms with E-state index in [0.717, 1.165) is 28.8 Å². The molecule has 1 aliphatic rings. The fourth-order valence-electron chi connectivity index (χ4n) is 2.85. The zero-order chi connectivity index (χ0) is 13.9. The first-order valence-corrected chi connectivity index (χ1v) is 7.69. The first-order valence-electron chi connectivity index (χ1n) is 7.69. The van der Waals surface area contributed by atoms with Crippen LogP contribution in [0.2, 0.25) is 0 Å². The highest BCUT2D eigenvalue weighted by Crippen LogP contribution is 2.34. The van der Waals surface area contributed by atoms with Gasteiger partial charge in [0.25, 0.3) is 0 Å². The van der Waals surface area contributed by atoms with Gasteiger partial charge in [-0.05, 0) is 37.6 Å². The fraction of sp³-hybridized carbons (Fsp3) is 0.444. The zero-order valence-electron chi connectivity index (χ0n) is 12.1. The standard InChI is InChI=1S/C18H23NO/c1-13(19-12-4-5-14-8-9-14)16-11-10-15-6-2-3-7-17(15)18(16)20/h2-3,6-7,10-11,13-14,19-20H,4-5,8-9,12H2,1H3. The Labute approximate surface area is 120 Å². The predicted molar refractivity (Wildman–Crippen MR) is 84.0 cm³/mol. The number of nitrogens with one attached hydrogen (secondary N) is 1. The van der Waals surface area contributed by atoms with Crippen LogP contribution < -0.4 is 5.32 Å². The lowest BCUT2D eigenvalue weighted by atomic mass is 10.0. The molecule has 0 heterocycles. The normalized spacial score (nSPS) is 16.4. The Morgan fingerprint density at radius 1 is 1.20 bits per heavy atom. The molecule has 106 valence electrons. The van der Waals surface area contributed by atoms with E-state index in [2.05, 4.69) is 18.3 Å². The smallest absolute Gasteiger partial charge is 0.128 e. The van der Waals surface area contributed by atoms with Crippen molar-refractivity contribution < 1.29 is 5.11 Å². The third-order valence-electron chi connectivity index (χ3n) is 4.33. The molecule has 3 rings (SSSR count). The minimum atomic E-state index is 0.193. The van der Waals surface area contributed by atoms with Crippen molar-refractivity contribution in [2.75, 3.05) is 6.54 Å². The van der Waals surface area contributed by atoms with Gasteiger partial charge in [0, 0.05) is 17.0 Å². The summed E-state index contributed by atoms with van der Waals surface area (Å²) in [5.74, 6) is 1.42. The van der Waals surface area contributed by atoms with E-state index in [1.165, 1.54) is 25.7 Å². The van der Waals surface area contributed by atoms with Crippen molar-refractivity contribution in [2.45, 2.75) is 38.6 Å². The zero-order valence-corrected chi connectivity index (χ0v) is 12.1. The molecule has 2 aromatic rings. The number of aromatic hydroxyl groups is 1. The largest absolute Gasteiger partial charge is 0.507 e. The second-order valence-corrected chi connectivity index (χ2v) is 5.99. The summed E-state index contributed by atoms with van der Waals surface area (Å²) in [5, 5.41) is 16.0. The van der Waals surface area contributed by atoms with E-state index < -0.39 is 0 Å². The summed E-state index contributed by atoms with van der Waals surface area (Å²) >= 11 is 0. The van der Waals surface area contributed by atoms with Gasteiger partial charge in [0.15, 0.2) is 0 Å². The summed E-state index contributed by atoms with van der Waals surface area (Å²) in [7, 11) is 0. The molecule has 1 atom stereocenters. The second-order valence-electron chi connectivity index (χ2n) is 5.99. The molecule has 2 N–H and O–H groups in total. The predicted octanol–water partition coefficient (Wildman–Crippen LogP) is 4.39. The molecule has 2 nitrogen and oxygen atoms in total. The van der Waals surface area contributed by atoms with Crippen LogP contribution in [0, 0.1) is 5.92 Å². The highest BCUT2D eigenvalue weighted by Gasteiger charge is 2.20. The Morgan fingerprint density at radius 2 is 2.00 bits per heavy atom. The third kappa shape index (κ3) is 2.96. The molecule has 1 unspecified atom stereocenters. The Balaban J connectivity index is 1.66. The van der Waals surface area contributed by atoms with Crippen molar-refractivity contribution in [2.24, 2.45) is 5.92 Å². The van der Waals surface area contributed by atoms with Crippen LogP contribution in [-0.4, -0.2) is 11.7 Å². The minimum absolute atomic E-state index is 0.193. The van der Waals surface area contributed by atoms with Crippen molar-refractivity contribution in [1.82, 2.24) is 5.32 Å². The maximum absolute atomic E-state index is 10.4. The Bertz CT molecular complexity index is 589. The van der Waals surface area contributed by atoms with Crippen molar-refractivity contribution in [3.8, 4) is 5.75 Å². The van der Waals surface area contributed by atoms with E-state index in [1.807, 2.05) is 30.3 Å². The number of phenols is 1. The quantitative estimate of drug-likeness (QED) is 0.762. The van der Waals surface area contributed by atoms with Gasteiger partial charge < -0.3 is 10.4 Å². The molecule has 0 aliphatic heterocycles. The molecule has 1 fully saturated rings. The Hall–Kier alpha value is -1.54. The summed E-state index contributed by atoms with van der Waals surface area (Å²) in [6.07, 6.45) is 5.45. The van der Waals surface area contributed by atoms with Crippen molar-refractivity contribution in [3.05, 3.63) is 42.0 Å². The summed E-state index contributed by atoms with van der Waals surface area (Å²) in [4.78, 5) is 0. The van der Waals surface area contributed by atoms with E-state index in [0.29, 0.717) is 5.75 Å². The van der Waals surface area contributed by atoms with Crippen LogP contribution in [0.4, 0.5) is 0 Å². The lowest BCUT2D eigenvalue weighted by Crippen LogP contribution is -2.20. The van der Waals surface area contributed by atoms with Crippen LogP contribution in [-0.2, 0) is 0 Å². The van der Waals surface area contributed by atoms with Crippen molar-refractivity contribution in [3.63, 3.8) is 0 Å². The van der Waals surface area contributed by atoms with Crippen LogP contribution in [0.15, 0.2) is 36.4 Å². The number of phenolic OH excluding ortho intramolecular Hbond substituents is 1. The van der Waals surface area contributed by atoms with Gasteiger partial charge in [-0.1, -0.05) is 49.2 Å². The molecular weight excluding hydrogens is 246 g/mol. The van der Waals surface area contributed by atoms with E-state index in [-0.39, 0.29) is 6.04 Å². The first kappa shape index (κ1) is 13.4. The van der Waals surface area contributed by atoms with Gasteiger partial charge in [-0.15, -0.1) is 0 Å². The highest BCUT2D eigenvalue weighted by atomic mass is 16.3. The van der Waals surface area contributed by atoms with Gasteiger partial charge in [-0.3, -0.25) is 0 Å². The average Bonchev–Trinajstić information content (AvgIpc) is 3.28. The Morgan fingerprint density at radius 3 is 2.80 bits per heavy atom. The summed E-state index contributed by atoms with van der Waals surface area (Å²) in [5.41, 5.74) is 0.995. The third-order valence-corrected chi connectivity index (χ3v) is 4.33. The van der Waals surface area contributed by atoms with E-state index in [4.69, 9.17) is 0 Å². The lowest BCUT2D eigenvalue weighted by Gasteiger charge is -2.17. The lowest BCUT2D eigenvalue weighted by molar-refractivity contribution is 0.455. The molecule has 0 spiro atoms. The van der Waals surface area contributed by atoms with Gasteiger partial charge in [0.05, 0.1) is 0 Å². The minimum Gasteiger partial charge on any atom is -0.507 e. The molecule has 1 saturated carbocycles. The van der Waals surface area contributed by atoms with Crippen LogP contribution in [0.25, 0.3) is 10.8 Å². The second kappa shape index (κ2) is 5.84. The SMILES string of the molecule is CC(NCCCC1CC1)c1ccc2ccccc2c1O. The van der Waals surface area contributed by atoms with Gasteiger partial charge in [0.2, 0.25) is 0 Å². The number of fused-ring (bicyclic) bond motifs is 1. The molecule has 0 aromatic heterocycles. The van der Waals surface area contributed by atoms with Crippen LogP contribution in [0.1, 0.15) is 44.2 Å². The molecule has 0 bridgehead atoms. The maximum atomic E-state index is 10.4. The molecular formula is C18H23NO. The fourth-order valence-corrected chi connectivity index (χ4v) is 2.85. The van der Waals surface area contributed by atoms with Crippen LogP contribution in [0.3, 0.4) is 0 Å². The summed E-state index contributed by atoms with van der Waals surface area (Å²) in [6, 6.07) is 12.3. The topological polar surface area (TPSA) is 32.3 Å². The number of hydrogen-bond donors (Lipinski definition) is 2. The van der Waals surface area contributed by atoms with Gasteiger partial charge in [-0.25, -0.2) is 0 Å². The number of hydrogen-bond acceptors (Lipinski definition) is 2. The molecule has 2 aromatic carbocycles. The van der Waals surface area contributed by atoms with E-state index in [9.17, 15) is 5.11 Å². The van der Waals surface area contributed by atoms with Gasteiger partial charge in [0.1, 0.15) is 5.75 Å². The summed E-state index contributed by atoms with van der Waals surface area (Å²) < 4.78 is 0. The average molecular weight is 269 g/mol. The van der Waals surface area contributed by atoms with Gasteiger partial charge >= 0.3 is 0 Å². The van der Waals surface area contributed by atoms with Gasteiger partial charge in [-0.2, -0.15) is 0 Å². The molecule has 20 heavy (non-hydrogen) atoms. The monoisotopic (exact) mass is 269 g/mol. The summed E-state index contributed by atoms with van der Waals surface area (Å²) in [6.45, 7) is 3.16. The van der Waals surface area contributed by atoms with Crippen LogP contribution in [0.5, 0.6) is 5.75 Å². The maximum Gasteiger partial charge on any atom is 0.128 e. The molecule has 0 saturated heterocycles. The molecule has 0 amide bonds. The van der Waals surface area contributed by atoms with Crippen molar-refractivity contribution in [1.29, 1.82) is 0 Å². The van der Waals surface area contributed by atoms with E-state index in [1.54, 1.807) is 0 Å². The van der Waals surface area contributed by atoms with E-state index >= 15 is 0 Å². The number of benzene rings is 2.